The van der Waals surface area contributed by atoms with E-state index in [2.05, 4.69) is 10.6 Å². The van der Waals surface area contributed by atoms with Crippen LogP contribution in [0.4, 0.5) is 4.79 Å². The summed E-state index contributed by atoms with van der Waals surface area (Å²) in [6.07, 6.45) is -1.37. The molecule has 1 aliphatic carbocycles. The van der Waals surface area contributed by atoms with Gasteiger partial charge in [0.1, 0.15) is 18.0 Å². The Labute approximate surface area is 301 Å². The first-order valence-corrected chi connectivity index (χ1v) is 17.7. The fourth-order valence-electron chi connectivity index (χ4n) is 6.06. The third-order valence-corrected chi connectivity index (χ3v) is 8.57. The predicted molar refractivity (Wildman–Crippen MR) is 194 cm³/mol. The van der Waals surface area contributed by atoms with Crippen LogP contribution in [0, 0.1) is 5.92 Å². The average molecular weight is 707 g/mol. The van der Waals surface area contributed by atoms with E-state index < -0.39 is 41.9 Å². The molecule has 0 fully saturated rings. The number of hydrogen-bond donors (Lipinski definition) is 4. The van der Waals surface area contributed by atoms with Gasteiger partial charge >= 0.3 is 6.09 Å². The first-order chi connectivity index (χ1) is 24.5. The summed E-state index contributed by atoms with van der Waals surface area (Å²) >= 11 is 0. The maximum absolute atomic E-state index is 14.1. The van der Waals surface area contributed by atoms with Gasteiger partial charge in [0.2, 0.25) is 5.91 Å². The van der Waals surface area contributed by atoms with Crippen molar-refractivity contribution in [1.82, 2.24) is 10.6 Å². The number of nitrogens with one attached hydrogen (secondary N) is 2. The number of carbonyl (C=O) groups excluding carboxylic acids is 2. The molecule has 2 amide bonds. The highest BCUT2D eigenvalue weighted by Gasteiger charge is 2.35. The molecule has 1 aliphatic rings. The van der Waals surface area contributed by atoms with Gasteiger partial charge in [0.25, 0.3) is 0 Å². The highest BCUT2D eigenvalue weighted by Crippen LogP contribution is 2.32. The summed E-state index contributed by atoms with van der Waals surface area (Å²) in [5, 5.41) is 28.5. The number of fused-ring (bicyclic) bond motifs is 1. The van der Waals surface area contributed by atoms with Crippen LogP contribution in [0.1, 0.15) is 55.5 Å². The standard InChI is InChI=1S/C40H54N2O9/c1-40(2,3)51-39(46)41-34(25-28-10-6-5-7-11-28)35(43)27-31(38(45)42-37-33-13-9-8-12-30(33)26-36(37)44)24-29-14-16-32(17-15-29)50-23-22-49-21-20-48-19-18-47-4/h5-17,31,34-37,43-44H,18-27H2,1-4H3,(H,41,46)(H,42,45)/t31-,34+,35+,36-,37+/m1/s1. The number of amides is 2. The lowest BCUT2D eigenvalue weighted by Gasteiger charge is -2.29. The summed E-state index contributed by atoms with van der Waals surface area (Å²) in [5.74, 6) is -0.325. The maximum Gasteiger partial charge on any atom is 0.407 e. The van der Waals surface area contributed by atoms with Crippen molar-refractivity contribution in [3.63, 3.8) is 0 Å². The molecule has 0 aromatic heterocycles. The lowest BCUT2D eigenvalue weighted by Crippen LogP contribution is -2.48. The third-order valence-electron chi connectivity index (χ3n) is 8.57. The summed E-state index contributed by atoms with van der Waals surface area (Å²) in [4.78, 5) is 26.9. The molecular weight excluding hydrogens is 652 g/mol. The third kappa shape index (κ3) is 13.6. The zero-order valence-corrected chi connectivity index (χ0v) is 30.2. The number of rotatable bonds is 20. The number of aliphatic hydroxyl groups excluding tert-OH is 2. The van der Waals surface area contributed by atoms with Crippen LogP contribution in [-0.4, -0.2) is 92.8 Å². The van der Waals surface area contributed by atoms with E-state index in [1.165, 1.54) is 0 Å². The summed E-state index contributed by atoms with van der Waals surface area (Å²) in [5.41, 5.74) is 2.93. The minimum atomic E-state index is -1.10. The quantitative estimate of drug-likeness (QED) is 0.124. The van der Waals surface area contributed by atoms with Gasteiger partial charge < -0.3 is 44.5 Å². The predicted octanol–water partition coefficient (Wildman–Crippen LogP) is 4.57. The van der Waals surface area contributed by atoms with Gasteiger partial charge in [-0.05, 0) is 74.4 Å². The Morgan fingerprint density at radius 2 is 1.45 bits per heavy atom. The second-order valence-electron chi connectivity index (χ2n) is 13.8. The van der Waals surface area contributed by atoms with Crippen molar-refractivity contribution in [2.75, 3.05) is 46.8 Å². The molecule has 0 saturated carbocycles. The minimum Gasteiger partial charge on any atom is -0.491 e. The van der Waals surface area contributed by atoms with E-state index in [-0.39, 0.29) is 12.3 Å². The van der Waals surface area contributed by atoms with Crippen molar-refractivity contribution >= 4 is 12.0 Å². The molecule has 4 N–H and O–H groups in total. The number of aliphatic hydroxyl groups is 2. The van der Waals surface area contributed by atoms with E-state index in [0.717, 1.165) is 22.3 Å². The number of methoxy groups -OCH3 is 1. The molecule has 0 radical (unpaired) electrons. The van der Waals surface area contributed by atoms with Crippen LogP contribution in [0.5, 0.6) is 5.75 Å². The molecular formula is C40H54N2O9. The van der Waals surface area contributed by atoms with E-state index in [0.29, 0.717) is 64.7 Å². The summed E-state index contributed by atoms with van der Waals surface area (Å²) in [6, 6.07) is 23.4. The smallest absolute Gasteiger partial charge is 0.407 e. The van der Waals surface area contributed by atoms with E-state index in [4.69, 9.17) is 23.7 Å². The van der Waals surface area contributed by atoms with Crippen molar-refractivity contribution in [1.29, 1.82) is 0 Å². The Morgan fingerprint density at radius 3 is 2.14 bits per heavy atom. The molecule has 11 heteroatoms. The lowest BCUT2D eigenvalue weighted by atomic mass is 9.88. The number of carbonyl (C=O) groups is 2. The van der Waals surface area contributed by atoms with Crippen molar-refractivity contribution < 1.29 is 43.5 Å². The topological polar surface area (TPSA) is 145 Å². The van der Waals surface area contributed by atoms with Gasteiger partial charge in [-0.2, -0.15) is 0 Å². The van der Waals surface area contributed by atoms with Gasteiger partial charge in [-0.15, -0.1) is 0 Å². The second-order valence-corrected chi connectivity index (χ2v) is 13.8. The van der Waals surface area contributed by atoms with Crippen molar-refractivity contribution in [3.8, 4) is 5.75 Å². The zero-order chi connectivity index (χ0) is 36.6. The molecule has 3 aromatic carbocycles. The highest BCUT2D eigenvalue weighted by molar-refractivity contribution is 5.80. The second kappa shape index (κ2) is 20.1. The monoisotopic (exact) mass is 706 g/mol. The fraction of sp³-hybridized carbons (Fsp3) is 0.500. The highest BCUT2D eigenvalue weighted by atomic mass is 16.6. The van der Waals surface area contributed by atoms with Gasteiger partial charge in [-0.25, -0.2) is 4.79 Å². The molecule has 5 atom stereocenters. The number of benzene rings is 3. The number of ether oxygens (including phenoxy) is 5. The number of alkyl carbamates (subject to hydrolysis) is 1. The number of hydrogen-bond acceptors (Lipinski definition) is 9. The van der Waals surface area contributed by atoms with Gasteiger partial charge in [0.05, 0.1) is 57.3 Å². The van der Waals surface area contributed by atoms with Crippen molar-refractivity contribution in [2.24, 2.45) is 5.92 Å². The van der Waals surface area contributed by atoms with Crippen LogP contribution in [0.3, 0.4) is 0 Å². The molecule has 278 valence electrons. The first-order valence-electron chi connectivity index (χ1n) is 17.7. The Morgan fingerprint density at radius 1 is 0.824 bits per heavy atom. The largest absolute Gasteiger partial charge is 0.491 e. The van der Waals surface area contributed by atoms with Crippen LogP contribution in [-0.2, 0) is 43.0 Å². The van der Waals surface area contributed by atoms with Crippen molar-refractivity contribution in [3.05, 3.63) is 101 Å². The molecule has 3 aromatic rings. The summed E-state index contributed by atoms with van der Waals surface area (Å²) in [7, 11) is 1.63. The Kier molecular flexibility index (Phi) is 15.7. The first kappa shape index (κ1) is 39.8. The van der Waals surface area contributed by atoms with Crippen LogP contribution in [0.25, 0.3) is 0 Å². The molecule has 0 aliphatic heterocycles. The summed E-state index contributed by atoms with van der Waals surface area (Å²) < 4.78 is 27.2. The molecule has 51 heavy (non-hydrogen) atoms. The molecule has 11 nitrogen and oxygen atoms in total. The molecule has 0 saturated heterocycles. The molecule has 4 rings (SSSR count). The van der Waals surface area contributed by atoms with Crippen molar-refractivity contribution in [2.45, 2.75) is 76.3 Å². The maximum atomic E-state index is 14.1. The van der Waals surface area contributed by atoms with Crippen LogP contribution in [0.15, 0.2) is 78.9 Å². The van der Waals surface area contributed by atoms with Crippen LogP contribution < -0.4 is 15.4 Å². The van der Waals surface area contributed by atoms with Crippen LogP contribution in [0.2, 0.25) is 0 Å². The van der Waals surface area contributed by atoms with Gasteiger partial charge in [0.15, 0.2) is 0 Å². The van der Waals surface area contributed by atoms with Crippen LogP contribution >= 0.6 is 0 Å². The minimum absolute atomic E-state index is 0.0500. The van der Waals surface area contributed by atoms with Gasteiger partial charge in [-0.3, -0.25) is 4.79 Å². The van der Waals surface area contributed by atoms with E-state index >= 15 is 0 Å². The lowest BCUT2D eigenvalue weighted by molar-refractivity contribution is -0.127. The fourth-order valence-corrected chi connectivity index (χ4v) is 6.06. The average Bonchev–Trinajstić information content (AvgIpc) is 3.41. The molecule has 0 spiro atoms. The SMILES string of the molecule is COCCOCCOCCOc1ccc(C[C@H](C[C@H](O)[C@H](Cc2ccccc2)NC(=O)OC(C)(C)C)C(=O)N[C@H]2c3ccccc3C[C@H]2O)cc1. The summed E-state index contributed by atoms with van der Waals surface area (Å²) in [6.45, 7) is 8.12. The zero-order valence-electron chi connectivity index (χ0n) is 30.2. The Hall–Kier alpha value is -4.00. The molecule has 0 unspecified atom stereocenters. The molecule has 0 bridgehead atoms. The van der Waals surface area contributed by atoms with Gasteiger partial charge in [0, 0.05) is 19.4 Å². The normalized spacial score (nSPS) is 17.2. The Balaban J connectivity index is 1.45. The molecule has 0 heterocycles. The van der Waals surface area contributed by atoms with E-state index in [1.54, 1.807) is 27.9 Å². The van der Waals surface area contributed by atoms with E-state index in [1.807, 2.05) is 78.9 Å². The van der Waals surface area contributed by atoms with E-state index in [9.17, 15) is 19.8 Å². The Bertz CT molecular complexity index is 1480. The van der Waals surface area contributed by atoms with Gasteiger partial charge in [-0.1, -0.05) is 66.7 Å².